The number of halogens is 1. The second-order valence-corrected chi connectivity index (χ2v) is 4.38. The van der Waals surface area contributed by atoms with Crippen LogP contribution in [0.1, 0.15) is 25.5 Å². The molecule has 0 atom stereocenters. The lowest BCUT2D eigenvalue weighted by molar-refractivity contribution is 0.627. The lowest BCUT2D eigenvalue weighted by Crippen LogP contribution is -2.03. The summed E-state index contributed by atoms with van der Waals surface area (Å²) in [7, 11) is 0. The van der Waals surface area contributed by atoms with E-state index in [0.29, 0.717) is 0 Å². The fraction of sp³-hybridized carbons (Fsp3) is 0.357. The van der Waals surface area contributed by atoms with Crippen molar-refractivity contribution in [2.24, 2.45) is 0 Å². The van der Waals surface area contributed by atoms with E-state index in [-0.39, 0.29) is 5.82 Å². The molecule has 0 unspecified atom stereocenters. The fourth-order valence-electron chi connectivity index (χ4n) is 1.81. The molecule has 3 nitrogen and oxygen atoms in total. The van der Waals surface area contributed by atoms with Gasteiger partial charge in [-0.1, -0.05) is 13.3 Å². The van der Waals surface area contributed by atoms with E-state index in [2.05, 4.69) is 21.8 Å². The van der Waals surface area contributed by atoms with Crippen molar-refractivity contribution in [2.45, 2.75) is 33.2 Å². The van der Waals surface area contributed by atoms with Crippen molar-refractivity contribution in [1.29, 1.82) is 0 Å². The molecule has 0 spiro atoms. The summed E-state index contributed by atoms with van der Waals surface area (Å²) in [5, 5.41) is 3.21. The van der Waals surface area contributed by atoms with Crippen LogP contribution in [0.15, 0.2) is 30.5 Å². The minimum Gasteiger partial charge on any atom is -0.326 e. The van der Waals surface area contributed by atoms with E-state index in [9.17, 15) is 4.39 Å². The average Bonchev–Trinajstić information content (AvgIpc) is 2.70. The van der Waals surface area contributed by atoms with Crippen LogP contribution < -0.4 is 5.32 Å². The Morgan fingerprint density at radius 3 is 2.67 bits per heavy atom. The SMILES string of the molecule is CCCCn1cc(C)nc1Nc1ccc(F)cc1. The molecule has 18 heavy (non-hydrogen) atoms. The van der Waals surface area contributed by atoms with Crippen molar-refractivity contribution >= 4 is 11.6 Å². The van der Waals surface area contributed by atoms with Crippen molar-refractivity contribution in [3.8, 4) is 0 Å². The lowest BCUT2D eigenvalue weighted by Gasteiger charge is -2.09. The third-order valence-corrected chi connectivity index (χ3v) is 2.75. The first-order valence-electron chi connectivity index (χ1n) is 6.25. The minimum absolute atomic E-state index is 0.231. The fourth-order valence-corrected chi connectivity index (χ4v) is 1.81. The highest BCUT2D eigenvalue weighted by Crippen LogP contribution is 2.17. The Hall–Kier alpha value is -1.84. The third-order valence-electron chi connectivity index (χ3n) is 2.75. The van der Waals surface area contributed by atoms with E-state index >= 15 is 0 Å². The number of nitrogens with zero attached hydrogens (tertiary/aromatic N) is 2. The summed E-state index contributed by atoms with van der Waals surface area (Å²) in [5.41, 5.74) is 1.83. The second kappa shape index (κ2) is 5.67. The Labute approximate surface area is 107 Å². The van der Waals surface area contributed by atoms with Crippen LogP contribution in [-0.2, 0) is 6.54 Å². The molecule has 0 saturated carbocycles. The van der Waals surface area contributed by atoms with E-state index in [4.69, 9.17) is 0 Å². The number of unbranched alkanes of at least 4 members (excludes halogenated alkanes) is 1. The Balaban J connectivity index is 2.14. The van der Waals surface area contributed by atoms with E-state index in [0.717, 1.165) is 36.7 Å². The molecule has 4 heteroatoms. The molecule has 1 heterocycles. The summed E-state index contributed by atoms with van der Waals surface area (Å²) >= 11 is 0. The lowest BCUT2D eigenvalue weighted by atomic mass is 10.3. The number of aromatic nitrogens is 2. The Kier molecular flexibility index (Phi) is 3.97. The van der Waals surface area contributed by atoms with Gasteiger partial charge in [0.1, 0.15) is 5.82 Å². The van der Waals surface area contributed by atoms with Crippen LogP contribution in [-0.4, -0.2) is 9.55 Å². The summed E-state index contributed by atoms with van der Waals surface area (Å²) in [5.74, 6) is 0.582. The molecule has 0 aliphatic heterocycles. The zero-order valence-electron chi connectivity index (χ0n) is 10.8. The molecule has 2 aromatic rings. The molecule has 0 fully saturated rings. The van der Waals surface area contributed by atoms with Crippen LogP contribution in [0, 0.1) is 12.7 Å². The molecule has 0 amide bonds. The van der Waals surface area contributed by atoms with Gasteiger partial charge in [-0.05, 0) is 37.6 Å². The van der Waals surface area contributed by atoms with Gasteiger partial charge in [0.25, 0.3) is 0 Å². The van der Waals surface area contributed by atoms with Gasteiger partial charge in [0.2, 0.25) is 5.95 Å². The van der Waals surface area contributed by atoms with Crippen LogP contribution in [0.2, 0.25) is 0 Å². The van der Waals surface area contributed by atoms with Crippen molar-refractivity contribution in [2.75, 3.05) is 5.32 Å². The predicted octanol–water partition coefficient (Wildman–Crippen LogP) is 3.87. The molecule has 0 aliphatic rings. The highest BCUT2D eigenvalue weighted by molar-refractivity contribution is 5.53. The number of aryl methyl sites for hydroxylation is 2. The van der Waals surface area contributed by atoms with Crippen molar-refractivity contribution in [1.82, 2.24) is 9.55 Å². The Bertz CT molecular complexity index is 502. The van der Waals surface area contributed by atoms with Gasteiger partial charge in [0, 0.05) is 18.4 Å². The highest BCUT2D eigenvalue weighted by atomic mass is 19.1. The summed E-state index contributed by atoms with van der Waals surface area (Å²) in [6.45, 7) is 5.08. The third kappa shape index (κ3) is 3.09. The van der Waals surface area contributed by atoms with E-state index < -0.39 is 0 Å². The van der Waals surface area contributed by atoms with Gasteiger partial charge in [-0.3, -0.25) is 0 Å². The number of imidazole rings is 1. The highest BCUT2D eigenvalue weighted by Gasteiger charge is 2.05. The van der Waals surface area contributed by atoms with Crippen molar-refractivity contribution in [3.63, 3.8) is 0 Å². The molecule has 1 aromatic heterocycles. The summed E-state index contributed by atoms with van der Waals surface area (Å²) < 4.78 is 14.9. The van der Waals surface area contributed by atoms with Gasteiger partial charge in [0.15, 0.2) is 0 Å². The standard InChI is InChI=1S/C14H18FN3/c1-3-4-9-18-10-11(2)16-14(18)17-13-7-5-12(15)6-8-13/h5-8,10H,3-4,9H2,1-2H3,(H,16,17). The van der Waals surface area contributed by atoms with Gasteiger partial charge in [-0.15, -0.1) is 0 Å². The normalized spacial score (nSPS) is 10.6. The topological polar surface area (TPSA) is 29.9 Å². The number of anilines is 2. The molecule has 0 radical (unpaired) electrons. The number of benzene rings is 1. The number of hydrogen-bond acceptors (Lipinski definition) is 2. The maximum atomic E-state index is 12.8. The summed E-state index contributed by atoms with van der Waals surface area (Å²) in [4.78, 5) is 4.44. The first kappa shape index (κ1) is 12.6. The predicted molar refractivity (Wildman–Crippen MR) is 71.6 cm³/mol. The van der Waals surface area contributed by atoms with E-state index in [1.54, 1.807) is 12.1 Å². The summed E-state index contributed by atoms with van der Waals surface area (Å²) in [6.07, 6.45) is 4.29. The zero-order valence-corrected chi connectivity index (χ0v) is 10.8. The number of nitrogens with one attached hydrogen (secondary N) is 1. The van der Waals surface area contributed by atoms with Crippen LogP contribution >= 0.6 is 0 Å². The first-order chi connectivity index (χ1) is 8.69. The first-order valence-corrected chi connectivity index (χ1v) is 6.25. The zero-order chi connectivity index (χ0) is 13.0. The van der Waals surface area contributed by atoms with Crippen LogP contribution in [0.4, 0.5) is 16.0 Å². The molecular weight excluding hydrogens is 229 g/mol. The van der Waals surface area contributed by atoms with Crippen LogP contribution in [0.25, 0.3) is 0 Å². The largest absolute Gasteiger partial charge is 0.326 e. The number of hydrogen-bond donors (Lipinski definition) is 1. The molecule has 2 rings (SSSR count). The van der Waals surface area contributed by atoms with Crippen molar-refractivity contribution < 1.29 is 4.39 Å². The van der Waals surface area contributed by atoms with Crippen LogP contribution in [0.5, 0.6) is 0 Å². The molecule has 1 N–H and O–H groups in total. The van der Waals surface area contributed by atoms with Crippen molar-refractivity contribution in [3.05, 3.63) is 42.0 Å². The van der Waals surface area contributed by atoms with Gasteiger partial charge in [-0.2, -0.15) is 0 Å². The van der Waals surface area contributed by atoms with Gasteiger partial charge in [-0.25, -0.2) is 9.37 Å². The maximum absolute atomic E-state index is 12.8. The van der Waals surface area contributed by atoms with Crippen LogP contribution in [0.3, 0.4) is 0 Å². The smallest absolute Gasteiger partial charge is 0.207 e. The molecule has 96 valence electrons. The Morgan fingerprint density at radius 1 is 1.28 bits per heavy atom. The quantitative estimate of drug-likeness (QED) is 0.869. The maximum Gasteiger partial charge on any atom is 0.207 e. The molecule has 0 aliphatic carbocycles. The Morgan fingerprint density at radius 2 is 2.00 bits per heavy atom. The monoisotopic (exact) mass is 247 g/mol. The minimum atomic E-state index is -0.231. The van der Waals surface area contributed by atoms with Gasteiger partial charge in [0.05, 0.1) is 5.69 Å². The molecule has 1 aromatic carbocycles. The second-order valence-electron chi connectivity index (χ2n) is 4.38. The van der Waals surface area contributed by atoms with E-state index in [1.165, 1.54) is 12.1 Å². The molecule has 0 bridgehead atoms. The average molecular weight is 247 g/mol. The van der Waals surface area contributed by atoms with E-state index in [1.807, 2.05) is 13.1 Å². The number of rotatable bonds is 5. The van der Waals surface area contributed by atoms with Gasteiger partial charge < -0.3 is 9.88 Å². The van der Waals surface area contributed by atoms with Gasteiger partial charge >= 0.3 is 0 Å². The molecular formula is C14H18FN3. The molecule has 0 saturated heterocycles. The summed E-state index contributed by atoms with van der Waals surface area (Å²) in [6, 6.07) is 6.30.